The Balaban J connectivity index is 1.22. The zero-order valence-corrected chi connectivity index (χ0v) is 30.2. The molecular formula is C40H30Cl2N4O3S2. The van der Waals surface area contributed by atoms with Crippen LogP contribution in [0.5, 0.6) is 0 Å². The normalized spacial score (nSPS) is 11.8. The van der Waals surface area contributed by atoms with Crippen molar-refractivity contribution in [1.29, 1.82) is 0 Å². The van der Waals surface area contributed by atoms with E-state index in [0.29, 0.717) is 37.7 Å². The first-order chi connectivity index (χ1) is 24.7. The minimum atomic E-state index is -0.648. The van der Waals surface area contributed by atoms with Crippen molar-refractivity contribution in [3.63, 3.8) is 0 Å². The maximum Gasteiger partial charge on any atom is 0.272 e. The summed E-state index contributed by atoms with van der Waals surface area (Å²) >= 11 is 15.1. The van der Waals surface area contributed by atoms with Crippen LogP contribution in [-0.4, -0.2) is 22.7 Å². The maximum atomic E-state index is 13.8. The van der Waals surface area contributed by atoms with E-state index in [1.807, 2.05) is 79.0 Å². The van der Waals surface area contributed by atoms with Crippen molar-refractivity contribution in [1.82, 2.24) is 10.3 Å². The molecule has 0 bridgehead atoms. The maximum absolute atomic E-state index is 13.8. The Bertz CT molecular complexity index is 2230. The van der Waals surface area contributed by atoms with Crippen LogP contribution in [0.15, 0.2) is 143 Å². The summed E-state index contributed by atoms with van der Waals surface area (Å²) in [6, 6.07) is 38.1. The second-order valence-electron chi connectivity index (χ2n) is 11.3. The standard InChI is InChI=1S/C40H30Cl2N4O3S2/c1-25-11-8-9-16-28(25)21-34(44-37(47)27-14-6-3-7-15-27)38(48)43-30-17-10-18-31(23-30)51-36(26-12-4-2-5-13-26)39(49)46-40-45-35(24-50-40)32-20-19-29(41)22-33(32)42/h2-24,36H,1H3,(H,43,48)(H,44,47)(H,45,46,49)/b34-21-. The third kappa shape index (κ3) is 9.33. The van der Waals surface area contributed by atoms with Crippen LogP contribution in [0.2, 0.25) is 10.0 Å². The van der Waals surface area contributed by atoms with Crippen LogP contribution < -0.4 is 16.0 Å². The molecule has 7 nitrogen and oxygen atoms in total. The number of amides is 3. The van der Waals surface area contributed by atoms with Gasteiger partial charge >= 0.3 is 0 Å². The fourth-order valence-corrected chi connectivity index (χ4v) is 7.35. The molecule has 11 heteroatoms. The quantitative estimate of drug-likeness (QED) is 0.0905. The number of anilines is 2. The Hall–Kier alpha value is -5.19. The Morgan fingerprint density at radius 1 is 0.804 bits per heavy atom. The van der Waals surface area contributed by atoms with Crippen molar-refractivity contribution in [3.8, 4) is 11.3 Å². The lowest BCUT2D eigenvalue weighted by Gasteiger charge is -2.17. The van der Waals surface area contributed by atoms with Crippen LogP contribution in [0.1, 0.15) is 32.3 Å². The van der Waals surface area contributed by atoms with Gasteiger partial charge < -0.3 is 16.0 Å². The summed E-state index contributed by atoms with van der Waals surface area (Å²) in [6.07, 6.45) is 1.66. The van der Waals surface area contributed by atoms with Crippen molar-refractivity contribution >= 4 is 80.9 Å². The average molecular weight is 750 g/mol. The van der Waals surface area contributed by atoms with Crippen LogP contribution in [0.25, 0.3) is 17.3 Å². The number of nitrogens with one attached hydrogen (secondary N) is 3. The summed E-state index contributed by atoms with van der Waals surface area (Å²) in [6.45, 7) is 1.93. The number of thiazole rings is 1. The van der Waals surface area contributed by atoms with Gasteiger partial charge in [-0.25, -0.2) is 4.98 Å². The number of thioether (sulfide) groups is 1. The van der Waals surface area contributed by atoms with E-state index in [1.54, 1.807) is 66.7 Å². The third-order valence-electron chi connectivity index (χ3n) is 7.64. The number of hydrogen-bond donors (Lipinski definition) is 3. The molecule has 6 rings (SSSR count). The minimum Gasteiger partial charge on any atom is -0.321 e. The van der Waals surface area contributed by atoms with E-state index in [2.05, 4.69) is 20.9 Å². The Morgan fingerprint density at radius 2 is 1.53 bits per heavy atom. The fraction of sp³-hybridized carbons (Fsp3) is 0.0500. The first kappa shape index (κ1) is 35.6. The summed E-state index contributed by atoms with van der Waals surface area (Å²) in [4.78, 5) is 46.0. The van der Waals surface area contributed by atoms with Crippen molar-refractivity contribution in [3.05, 3.63) is 171 Å². The minimum absolute atomic E-state index is 0.0838. The molecule has 0 aliphatic rings. The zero-order valence-electron chi connectivity index (χ0n) is 27.1. The van der Waals surface area contributed by atoms with Gasteiger partial charge in [-0.3, -0.25) is 14.4 Å². The van der Waals surface area contributed by atoms with Gasteiger partial charge in [0.15, 0.2) is 5.13 Å². The first-order valence-corrected chi connectivity index (χ1v) is 18.2. The monoisotopic (exact) mass is 748 g/mol. The summed E-state index contributed by atoms with van der Waals surface area (Å²) < 4.78 is 0. The van der Waals surface area contributed by atoms with Gasteiger partial charge in [-0.15, -0.1) is 23.1 Å². The molecule has 3 N–H and O–H groups in total. The highest BCUT2D eigenvalue weighted by molar-refractivity contribution is 8.00. The molecule has 0 aliphatic carbocycles. The van der Waals surface area contributed by atoms with Gasteiger partial charge in [0.2, 0.25) is 5.91 Å². The molecule has 0 saturated carbocycles. The predicted octanol–water partition coefficient (Wildman–Crippen LogP) is 10.3. The largest absolute Gasteiger partial charge is 0.321 e. The topological polar surface area (TPSA) is 100 Å². The Morgan fingerprint density at radius 3 is 2.27 bits per heavy atom. The highest BCUT2D eigenvalue weighted by atomic mass is 35.5. The van der Waals surface area contributed by atoms with Crippen LogP contribution in [0, 0.1) is 6.92 Å². The average Bonchev–Trinajstić information content (AvgIpc) is 3.59. The Labute approximate surface area is 313 Å². The van der Waals surface area contributed by atoms with Crippen LogP contribution in [0.4, 0.5) is 10.8 Å². The predicted molar refractivity (Wildman–Crippen MR) is 209 cm³/mol. The highest BCUT2D eigenvalue weighted by Crippen LogP contribution is 2.38. The summed E-state index contributed by atoms with van der Waals surface area (Å²) in [5.41, 5.74) is 4.87. The number of carbonyl (C=O) groups excluding carboxylic acids is 3. The third-order valence-corrected chi connectivity index (χ3v) is 10.2. The van der Waals surface area contributed by atoms with Crippen LogP contribution in [0.3, 0.4) is 0 Å². The van der Waals surface area contributed by atoms with Crippen LogP contribution >= 0.6 is 46.3 Å². The number of rotatable bonds is 11. The molecule has 0 radical (unpaired) electrons. The molecule has 1 heterocycles. The number of aryl methyl sites for hydroxylation is 1. The van der Waals surface area contributed by atoms with Crippen molar-refractivity contribution in [2.75, 3.05) is 10.6 Å². The van der Waals surface area contributed by atoms with E-state index in [0.717, 1.165) is 21.6 Å². The second-order valence-corrected chi connectivity index (χ2v) is 14.2. The van der Waals surface area contributed by atoms with E-state index < -0.39 is 17.1 Å². The van der Waals surface area contributed by atoms with Gasteiger partial charge in [-0.2, -0.15) is 0 Å². The van der Waals surface area contributed by atoms with E-state index in [9.17, 15) is 14.4 Å². The summed E-state index contributed by atoms with van der Waals surface area (Å²) in [5, 5.41) is 11.3. The van der Waals surface area contributed by atoms with Gasteiger partial charge in [0.25, 0.3) is 11.8 Å². The Kier molecular flexibility index (Phi) is 11.7. The lowest BCUT2D eigenvalue weighted by molar-refractivity contribution is -0.116. The van der Waals surface area contributed by atoms with E-state index in [1.165, 1.54) is 23.1 Å². The van der Waals surface area contributed by atoms with Gasteiger partial charge in [-0.05, 0) is 78.2 Å². The molecule has 51 heavy (non-hydrogen) atoms. The lowest BCUT2D eigenvalue weighted by Crippen LogP contribution is -2.30. The van der Waals surface area contributed by atoms with Crippen molar-refractivity contribution in [2.45, 2.75) is 17.1 Å². The van der Waals surface area contributed by atoms with Crippen molar-refractivity contribution < 1.29 is 14.4 Å². The molecule has 5 aromatic carbocycles. The first-order valence-electron chi connectivity index (χ1n) is 15.7. The molecule has 3 amide bonds. The lowest BCUT2D eigenvalue weighted by atomic mass is 10.1. The van der Waals surface area contributed by atoms with Crippen molar-refractivity contribution in [2.24, 2.45) is 0 Å². The summed E-state index contributed by atoms with van der Waals surface area (Å²) in [5.74, 6) is -1.17. The summed E-state index contributed by atoms with van der Waals surface area (Å²) in [7, 11) is 0. The number of aromatic nitrogens is 1. The van der Waals surface area contributed by atoms with Gasteiger partial charge in [0, 0.05) is 32.1 Å². The molecule has 6 aromatic rings. The van der Waals surface area contributed by atoms with E-state index in [-0.39, 0.29) is 11.6 Å². The number of hydrogen-bond acceptors (Lipinski definition) is 6. The smallest absolute Gasteiger partial charge is 0.272 e. The SMILES string of the molecule is Cc1ccccc1/C=C(\NC(=O)c1ccccc1)C(=O)Nc1cccc(SC(C(=O)Nc2nc(-c3ccc(Cl)cc3Cl)cs2)c2ccccc2)c1. The number of benzene rings is 5. The van der Waals surface area contributed by atoms with E-state index in [4.69, 9.17) is 23.2 Å². The number of carbonyl (C=O) groups is 3. The molecule has 0 spiro atoms. The highest BCUT2D eigenvalue weighted by Gasteiger charge is 2.24. The molecule has 0 fully saturated rings. The molecule has 254 valence electrons. The van der Waals surface area contributed by atoms with Gasteiger partial charge in [0.05, 0.1) is 10.7 Å². The molecule has 1 atom stereocenters. The zero-order chi connectivity index (χ0) is 35.7. The van der Waals surface area contributed by atoms with Gasteiger partial charge in [0.1, 0.15) is 10.9 Å². The molecule has 0 saturated heterocycles. The molecule has 0 aliphatic heterocycles. The molecular weight excluding hydrogens is 720 g/mol. The van der Waals surface area contributed by atoms with E-state index >= 15 is 0 Å². The fourth-order valence-electron chi connectivity index (χ4n) is 5.05. The number of nitrogens with zero attached hydrogens (tertiary/aromatic N) is 1. The second kappa shape index (κ2) is 16.7. The number of halogens is 2. The molecule has 1 aromatic heterocycles. The van der Waals surface area contributed by atoms with Crippen LogP contribution in [-0.2, 0) is 9.59 Å². The van der Waals surface area contributed by atoms with Gasteiger partial charge in [-0.1, -0.05) is 102 Å². The molecule has 1 unspecified atom stereocenters.